The molecule has 0 fully saturated rings. The number of benzene rings is 4. The van der Waals surface area contributed by atoms with Crippen LogP contribution in [0.3, 0.4) is 0 Å². The van der Waals surface area contributed by atoms with Crippen LogP contribution in [-0.4, -0.2) is 24.5 Å². The molecule has 2 aliphatic heterocycles. The zero-order chi connectivity index (χ0) is 23.3. The van der Waals surface area contributed by atoms with E-state index in [1.54, 1.807) is 37.4 Å². The molecular formula is C28H20N2O4. The molecule has 0 bridgehead atoms. The summed E-state index contributed by atoms with van der Waals surface area (Å²) in [5, 5.41) is 9.18. The molecular weight excluding hydrogens is 428 g/mol. The number of Topliss-reactive ketones (excluding diaryl/α,β-unsaturated/α-hetero) is 1. The van der Waals surface area contributed by atoms with Gasteiger partial charge in [-0.05, 0) is 47.2 Å². The minimum absolute atomic E-state index is 0.232. The minimum atomic E-state index is -1.57. The zero-order valence-electron chi connectivity index (χ0n) is 18.3. The number of fused-ring (bicyclic) bond motifs is 3. The Morgan fingerprint density at radius 2 is 1.68 bits per heavy atom. The zero-order valence-corrected chi connectivity index (χ0v) is 18.3. The molecule has 0 unspecified atom stereocenters. The summed E-state index contributed by atoms with van der Waals surface area (Å²) in [7, 11) is 1.59. The van der Waals surface area contributed by atoms with Crippen LogP contribution in [-0.2, 0) is 15.2 Å². The molecule has 2 heterocycles. The third-order valence-electron chi connectivity index (χ3n) is 6.56. The molecule has 166 valence electrons. The number of carbonyl (C=O) groups is 2. The summed E-state index contributed by atoms with van der Waals surface area (Å²) in [5.74, 6) is -0.921. The van der Waals surface area contributed by atoms with Gasteiger partial charge in [0, 0.05) is 22.4 Å². The summed E-state index contributed by atoms with van der Waals surface area (Å²) in [6.45, 7) is 0. The number of oxime groups is 1. The van der Waals surface area contributed by atoms with E-state index < -0.39 is 17.4 Å². The van der Waals surface area contributed by atoms with Crippen molar-refractivity contribution in [2.75, 3.05) is 12.4 Å². The summed E-state index contributed by atoms with van der Waals surface area (Å²) in [6, 6.07) is 27.9. The van der Waals surface area contributed by atoms with Crippen LogP contribution in [0.2, 0.25) is 0 Å². The van der Waals surface area contributed by atoms with E-state index >= 15 is 0 Å². The lowest BCUT2D eigenvalue weighted by atomic mass is 9.74. The van der Waals surface area contributed by atoms with Gasteiger partial charge in [0.25, 0.3) is 11.5 Å². The number of ether oxygens (including phenoxy) is 1. The van der Waals surface area contributed by atoms with E-state index in [1.807, 2.05) is 60.7 Å². The molecule has 2 aliphatic rings. The largest absolute Gasteiger partial charge is 0.497 e. The average molecular weight is 448 g/mol. The first kappa shape index (κ1) is 20.2. The number of amides is 1. The fraction of sp³-hybridized carbons (Fsp3) is 0.107. The fourth-order valence-corrected chi connectivity index (χ4v) is 4.85. The number of para-hydroxylation sites is 1. The van der Waals surface area contributed by atoms with E-state index in [2.05, 4.69) is 10.5 Å². The van der Waals surface area contributed by atoms with Crippen LogP contribution >= 0.6 is 0 Å². The Hall–Kier alpha value is -4.45. The number of nitrogens with zero attached hydrogens (tertiary/aromatic N) is 1. The van der Waals surface area contributed by atoms with Crippen LogP contribution in [0.25, 0.3) is 10.8 Å². The van der Waals surface area contributed by atoms with Gasteiger partial charge in [-0.25, -0.2) is 0 Å². The van der Waals surface area contributed by atoms with Crippen molar-refractivity contribution in [2.24, 2.45) is 11.1 Å². The van der Waals surface area contributed by atoms with Gasteiger partial charge in [-0.15, -0.1) is 0 Å². The van der Waals surface area contributed by atoms with Gasteiger partial charge in [0.1, 0.15) is 17.4 Å². The second-order valence-electron chi connectivity index (χ2n) is 8.39. The maximum Gasteiger partial charge on any atom is 0.277 e. The lowest BCUT2D eigenvalue weighted by Gasteiger charge is -2.26. The maximum absolute atomic E-state index is 14.1. The van der Waals surface area contributed by atoms with Gasteiger partial charge in [-0.2, -0.15) is 0 Å². The smallest absolute Gasteiger partial charge is 0.277 e. The average Bonchev–Trinajstić information content (AvgIpc) is 3.42. The molecule has 0 aliphatic carbocycles. The Morgan fingerprint density at radius 1 is 0.941 bits per heavy atom. The SMILES string of the molecule is COc1ccc(C2=NO[C@@]3(C(=O)Nc4ccccc43)[C@@H]2C(=O)c2ccc3ccccc3c2)cc1. The fourth-order valence-electron chi connectivity index (χ4n) is 4.85. The van der Waals surface area contributed by atoms with Crippen molar-refractivity contribution in [3.05, 3.63) is 108 Å². The molecule has 6 rings (SSSR count). The molecule has 1 spiro atoms. The number of hydrogen-bond acceptors (Lipinski definition) is 5. The molecule has 1 N–H and O–H groups in total. The lowest BCUT2D eigenvalue weighted by molar-refractivity contribution is -0.140. The van der Waals surface area contributed by atoms with Crippen LogP contribution in [0, 0.1) is 5.92 Å². The predicted octanol–water partition coefficient (Wildman–Crippen LogP) is 4.93. The van der Waals surface area contributed by atoms with Crippen molar-refractivity contribution < 1.29 is 19.2 Å². The third-order valence-corrected chi connectivity index (χ3v) is 6.56. The molecule has 0 saturated carbocycles. The van der Waals surface area contributed by atoms with Crippen LogP contribution in [0.1, 0.15) is 21.5 Å². The van der Waals surface area contributed by atoms with Crippen molar-refractivity contribution >= 4 is 33.9 Å². The van der Waals surface area contributed by atoms with E-state index in [0.717, 1.165) is 10.8 Å². The quantitative estimate of drug-likeness (QED) is 0.449. The van der Waals surface area contributed by atoms with Crippen molar-refractivity contribution in [3.8, 4) is 5.75 Å². The molecule has 6 heteroatoms. The van der Waals surface area contributed by atoms with Gasteiger partial charge in [0.2, 0.25) is 0 Å². The summed E-state index contributed by atoms with van der Waals surface area (Å²) in [4.78, 5) is 33.5. The molecule has 4 aromatic carbocycles. The Labute approximate surface area is 195 Å². The predicted molar refractivity (Wildman–Crippen MR) is 129 cm³/mol. The van der Waals surface area contributed by atoms with Gasteiger partial charge >= 0.3 is 0 Å². The van der Waals surface area contributed by atoms with E-state index in [9.17, 15) is 9.59 Å². The highest BCUT2D eigenvalue weighted by molar-refractivity contribution is 6.25. The standard InChI is InChI=1S/C28H20N2O4/c1-33-21-14-12-18(13-15-21)25-24(26(31)20-11-10-17-6-2-3-7-19(17)16-20)28(34-30-25)22-8-4-5-9-23(22)29-27(28)32/h2-16,24H,1H3,(H,29,32)/t24-,28+/m0/s1. The van der Waals surface area contributed by atoms with Gasteiger partial charge in [-0.3, -0.25) is 9.59 Å². The highest BCUT2D eigenvalue weighted by Crippen LogP contribution is 2.49. The van der Waals surface area contributed by atoms with Gasteiger partial charge in [0.05, 0.1) is 7.11 Å². The summed E-state index contributed by atoms with van der Waals surface area (Å²) >= 11 is 0. The Kier molecular flexibility index (Phi) is 4.48. The topological polar surface area (TPSA) is 77.0 Å². The summed E-state index contributed by atoms with van der Waals surface area (Å²) in [5.41, 5.74) is 1.24. The minimum Gasteiger partial charge on any atom is -0.497 e. The first-order valence-electron chi connectivity index (χ1n) is 11.0. The normalized spacial score (nSPS) is 20.6. The highest BCUT2D eigenvalue weighted by Gasteiger charge is 2.63. The van der Waals surface area contributed by atoms with Crippen molar-refractivity contribution in [1.29, 1.82) is 0 Å². The monoisotopic (exact) mass is 448 g/mol. The number of methoxy groups -OCH3 is 1. The van der Waals surface area contributed by atoms with Crippen LogP contribution in [0.5, 0.6) is 5.75 Å². The molecule has 1 amide bonds. The van der Waals surface area contributed by atoms with Crippen LogP contribution in [0.4, 0.5) is 5.69 Å². The van der Waals surface area contributed by atoms with Crippen molar-refractivity contribution in [3.63, 3.8) is 0 Å². The van der Waals surface area contributed by atoms with Crippen LogP contribution < -0.4 is 10.1 Å². The Balaban J connectivity index is 1.52. The second-order valence-corrected chi connectivity index (χ2v) is 8.39. The van der Waals surface area contributed by atoms with Gasteiger partial charge in [0.15, 0.2) is 5.78 Å². The number of anilines is 1. The van der Waals surface area contributed by atoms with E-state index in [4.69, 9.17) is 9.57 Å². The van der Waals surface area contributed by atoms with Gasteiger partial charge in [-0.1, -0.05) is 59.8 Å². The number of ketones is 1. The maximum atomic E-state index is 14.1. The van der Waals surface area contributed by atoms with E-state index in [0.29, 0.717) is 33.8 Å². The molecule has 6 nitrogen and oxygen atoms in total. The molecule has 0 saturated heterocycles. The molecule has 2 atom stereocenters. The van der Waals surface area contributed by atoms with Crippen LogP contribution in [0.15, 0.2) is 96.2 Å². The first-order valence-corrected chi connectivity index (χ1v) is 11.0. The van der Waals surface area contributed by atoms with E-state index in [-0.39, 0.29) is 5.78 Å². The van der Waals surface area contributed by atoms with E-state index in [1.165, 1.54) is 0 Å². The lowest BCUT2D eigenvalue weighted by Crippen LogP contribution is -2.46. The Morgan fingerprint density at radius 3 is 2.47 bits per heavy atom. The van der Waals surface area contributed by atoms with Crippen molar-refractivity contribution in [1.82, 2.24) is 0 Å². The third kappa shape index (κ3) is 2.85. The molecule has 0 radical (unpaired) electrons. The highest BCUT2D eigenvalue weighted by atomic mass is 16.7. The molecule has 4 aromatic rings. The number of hydrogen-bond donors (Lipinski definition) is 1. The molecule has 0 aromatic heterocycles. The van der Waals surface area contributed by atoms with Crippen molar-refractivity contribution in [2.45, 2.75) is 5.60 Å². The Bertz CT molecular complexity index is 1490. The molecule has 34 heavy (non-hydrogen) atoms. The summed E-state index contributed by atoms with van der Waals surface area (Å²) in [6.07, 6.45) is 0. The van der Waals surface area contributed by atoms with Gasteiger partial charge < -0.3 is 14.9 Å². The second kappa shape index (κ2) is 7.56. The first-order chi connectivity index (χ1) is 16.6. The number of carbonyl (C=O) groups excluding carboxylic acids is 2. The number of nitrogens with one attached hydrogen (secondary N) is 1. The number of rotatable bonds is 4. The summed E-state index contributed by atoms with van der Waals surface area (Å²) < 4.78 is 5.27.